The second kappa shape index (κ2) is 8.11. The van der Waals surface area contributed by atoms with Gasteiger partial charge in [0.15, 0.2) is 0 Å². The maximum Gasteiger partial charge on any atom is 0.408 e. The summed E-state index contributed by atoms with van der Waals surface area (Å²) in [5, 5.41) is 2.70. The Hall–Kier alpha value is -2.37. The molecule has 0 radical (unpaired) electrons. The highest BCUT2D eigenvalue weighted by Gasteiger charge is 2.50. The van der Waals surface area contributed by atoms with E-state index >= 15 is 0 Å². The van der Waals surface area contributed by atoms with Gasteiger partial charge >= 0.3 is 12.1 Å². The van der Waals surface area contributed by atoms with E-state index in [0.717, 1.165) is 0 Å². The van der Waals surface area contributed by atoms with E-state index in [2.05, 4.69) is 5.32 Å². The lowest BCUT2D eigenvalue weighted by Gasteiger charge is -2.36. The van der Waals surface area contributed by atoms with Crippen molar-refractivity contribution >= 4 is 17.8 Å². The number of amides is 1. The van der Waals surface area contributed by atoms with Gasteiger partial charge in [-0.15, -0.1) is 0 Å². The van der Waals surface area contributed by atoms with E-state index in [0.29, 0.717) is 5.56 Å². The van der Waals surface area contributed by atoms with E-state index in [-0.39, 0.29) is 0 Å². The molecule has 0 aliphatic carbocycles. The molecule has 0 spiro atoms. The van der Waals surface area contributed by atoms with Crippen LogP contribution in [0, 0.1) is 5.41 Å². The molecule has 0 bridgehead atoms. The average Bonchev–Trinajstić information content (AvgIpc) is 2.49. The van der Waals surface area contributed by atoms with Gasteiger partial charge in [0.25, 0.3) is 0 Å². The Bertz CT molecular complexity index is 685. The molecule has 2 atom stereocenters. The maximum absolute atomic E-state index is 13.0. The lowest BCUT2D eigenvalue weighted by molar-refractivity contribution is -0.171. The van der Waals surface area contributed by atoms with Crippen LogP contribution in [0.25, 0.3) is 0 Å². The van der Waals surface area contributed by atoms with Gasteiger partial charge in [-0.05, 0) is 61.0 Å². The van der Waals surface area contributed by atoms with E-state index < -0.39 is 40.5 Å². The lowest BCUT2D eigenvalue weighted by atomic mass is 9.75. The largest absolute Gasteiger partial charge is 0.459 e. The zero-order valence-electron chi connectivity index (χ0n) is 17.5. The number of Topliss-reactive ketones (excluding diaryl/α,β-unsaturated/α-hetero) is 1. The molecule has 0 aliphatic heterocycles. The van der Waals surface area contributed by atoms with Gasteiger partial charge in [0.05, 0.1) is 6.04 Å². The first-order valence-electron chi connectivity index (χ1n) is 8.96. The second-order valence-electron chi connectivity index (χ2n) is 8.75. The molecule has 1 aromatic rings. The Kier molecular flexibility index (Phi) is 6.81. The van der Waals surface area contributed by atoms with Crippen molar-refractivity contribution in [3.63, 3.8) is 0 Å². The van der Waals surface area contributed by atoms with Gasteiger partial charge < -0.3 is 14.8 Å². The quantitative estimate of drug-likeness (QED) is 0.615. The van der Waals surface area contributed by atoms with Crippen molar-refractivity contribution in [3.05, 3.63) is 35.9 Å². The SMILES string of the molecule is CC(=O)[C@](C)(C(=O)OC(C)(C)C)[C@@H](NC(=O)OC(C)(C)C)c1ccccc1. The number of carbonyl (C=O) groups is 3. The zero-order chi connectivity index (χ0) is 21.0. The van der Waals surface area contributed by atoms with Gasteiger partial charge in [0.1, 0.15) is 22.4 Å². The fourth-order valence-corrected chi connectivity index (χ4v) is 2.48. The first kappa shape index (κ1) is 22.7. The van der Waals surface area contributed by atoms with Gasteiger partial charge in [-0.2, -0.15) is 0 Å². The Morgan fingerprint density at radius 2 is 1.33 bits per heavy atom. The molecule has 1 amide bonds. The number of ether oxygens (including phenoxy) is 2. The third kappa shape index (κ3) is 6.38. The van der Waals surface area contributed by atoms with Gasteiger partial charge in [-0.3, -0.25) is 9.59 Å². The molecule has 0 aliphatic rings. The van der Waals surface area contributed by atoms with Crippen molar-refractivity contribution in [2.75, 3.05) is 0 Å². The van der Waals surface area contributed by atoms with Gasteiger partial charge in [-0.25, -0.2) is 4.79 Å². The molecule has 1 aromatic carbocycles. The predicted octanol–water partition coefficient (Wildman–Crippen LogP) is 4.19. The van der Waals surface area contributed by atoms with Crippen molar-refractivity contribution in [1.29, 1.82) is 0 Å². The maximum atomic E-state index is 13.0. The molecule has 6 nitrogen and oxygen atoms in total. The van der Waals surface area contributed by atoms with Crippen LogP contribution >= 0.6 is 0 Å². The number of esters is 1. The van der Waals surface area contributed by atoms with Crippen molar-refractivity contribution in [3.8, 4) is 0 Å². The third-order valence-corrected chi connectivity index (χ3v) is 3.93. The van der Waals surface area contributed by atoms with E-state index in [1.807, 2.05) is 6.07 Å². The molecule has 1 rings (SSSR count). The van der Waals surface area contributed by atoms with Crippen molar-refractivity contribution in [2.45, 2.75) is 72.6 Å². The van der Waals surface area contributed by atoms with Crippen LogP contribution in [0.1, 0.15) is 67.0 Å². The second-order valence-corrected chi connectivity index (χ2v) is 8.75. The summed E-state index contributed by atoms with van der Waals surface area (Å²) < 4.78 is 10.8. The fourth-order valence-electron chi connectivity index (χ4n) is 2.48. The summed E-state index contributed by atoms with van der Waals surface area (Å²) in [7, 11) is 0. The zero-order valence-corrected chi connectivity index (χ0v) is 17.5. The monoisotopic (exact) mass is 377 g/mol. The smallest absolute Gasteiger partial charge is 0.408 e. The van der Waals surface area contributed by atoms with Crippen LogP contribution in [0.2, 0.25) is 0 Å². The minimum Gasteiger partial charge on any atom is -0.459 e. The normalized spacial score (nSPS) is 15.3. The standard InChI is InChI=1S/C21H31NO5/c1-14(23)21(8,17(24)26-19(2,3)4)16(15-12-10-9-11-13-15)22-18(25)27-20(5,6)7/h9-13,16H,1-8H3,(H,22,25)/t16-,21-/m0/s1. The topological polar surface area (TPSA) is 81.7 Å². The Morgan fingerprint density at radius 1 is 0.852 bits per heavy atom. The molecule has 27 heavy (non-hydrogen) atoms. The van der Waals surface area contributed by atoms with Crippen LogP contribution in [0.5, 0.6) is 0 Å². The molecular formula is C21H31NO5. The highest BCUT2D eigenvalue weighted by Crippen LogP contribution is 2.37. The van der Waals surface area contributed by atoms with Crippen LogP contribution in [-0.2, 0) is 19.1 Å². The molecule has 150 valence electrons. The number of benzene rings is 1. The number of alkyl carbamates (subject to hydrolysis) is 1. The van der Waals surface area contributed by atoms with E-state index in [1.54, 1.807) is 65.8 Å². The van der Waals surface area contributed by atoms with Crippen molar-refractivity contribution < 1.29 is 23.9 Å². The minimum absolute atomic E-state index is 0.415. The number of hydrogen-bond acceptors (Lipinski definition) is 5. The molecule has 0 heterocycles. The summed E-state index contributed by atoms with van der Waals surface area (Å²) in [6.45, 7) is 13.2. The van der Waals surface area contributed by atoms with Crippen LogP contribution < -0.4 is 5.32 Å². The van der Waals surface area contributed by atoms with Crippen molar-refractivity contribution in [2.24, 2.45) is 5.41 Å². The van der Waals surface area contributed by atoms with Gasteiger partial charge in [0, 0.05) is 0 Å². The average molecular weight is 377 g/mol. The molecule has 0 saturated heterocycles. The fraction of sp³-hybridized carbons (Fsp3) is 0.571. The third-order valence-electron chi connectivity index (χ3n) is 3.93. The number of carbonyl (C=O) groups excluding carboxylic acids is 3. The highest BCUT2D eigenvalue weighted by molar-refractivity contribution is 6.03. The summed E-state index contributed by atoms with van der Waals surface area (Å²) in [4.78, 5) is 38.0. The van der Waals surface area contributed by atoms with E-state index in [4.69, 9.17) is 9.47 Å². The minimum atomic E-state index is -1.62. The Morgan fingerprint density at radius 3 is 1.74 bits per heavy atom. The number of ketones is 1. The molecule has 0 saturated carbocycles. The Labute approximate surface area is 161 Å². The van der Waals surface area contributed by atoms with Crippen LogP contribution in [0.4, 0.5) is 4.79 Å². The van der Waals surface area contributed by atoms with E-state index in [1.165, 1.54) is 13.8 Å². The predicted molar refractivity (Wildman–Crippen MR) is 103 cm³/mol. The van der Waals surface area contributed by atoms with Crippen LogP contribution in [-0.4, -0.2) is 29.0 Å². The number of hydrogen-bond donors (Lipinski definition) is 1. The number of rotatable bonds is 5. The lowest BCUT2D eigenvalue weighted by Crippen LogP contribution is -2.51. The van der Waals surface area contributed by atoms with Gasteiger partial charge in [0.2, 0.25) is 0 Å². The summed E-state index contributed by atoms with van der Waals surface area (Å²) in [6.07, 6.45) is -0.715. The summed E-state index contributed by atoms with van der Waals surface area (Å²) >= 11 is 0. The van der Waals surface area contributed by atoms with Crippen LogP contribution in [0.3, 0.4) is 0 Å². The highest BCUT2D eigenvalue weighted by atomic mass is 16.6. The van der Waals surface area contributed by atoms with Crippen molar-refractivity contribution in [1.82, 2.24) is 5.32 Å². The van der Waals surface area contributed by atoms with Crippen LogP contribution in [0.15, 0.2) is 30.3 Å². The first-order chi connectivity index (χ1) is 12.2. The molecular weight excluding hydrogens is 346 g/mol. The van der Waals surface area contributed by atoms with E-state index in [9.17, 15) is 14.4 Å². The molecule has 0 fully saturated rings. The molecule has 1 N–H and O–H groups in total. The number of nitrogens with one attached hydrogen (secondary N) is 1. The molecule has 0 unspecified atom stereocenters. The summed E-state index contributed by atoms with van der Waals surface area (Å²) in [5.74, 6) is -1.12. The van der Waals surface area contributed by atoms with Gasteiger partial charge in [-0.1, -0.05) is 30.3 Å². The summed E-state index contributed by atoms with van der Waals surface area (Å²) in [6, 6.07) is 7.90. The Balaban J connectivity index is 3.38. The summed E-state index contributed by atoms with van der Waals surface area (Å²) in [5.41, 5.74) is -2.51. The molecule has 6 heteroatoms. The molecule has 0 aromatic heterocycles. The first-order valence-corrected chi connectivity index (χ1v) is 8.96.